The highest BCUT2D eigenvalue weighted by Crippen LogP contribution is 2.35. The molecule has 0 fully saturated rings. The van der Waals surface area contributed by atoms with Crippen molar-refractivity contribution in [2.45, 2.75) is 41.5 Å². The maximum Gasteiger partial charge on any atom is 0.346 e. The van der Waals surface area contributed by atoms with Gasteiger partial charge in [-0.05, 0) is 90.1 Å². The smallest absolute Gasteiger partial charge is 0.346 e. The molecule has 300 valence electrons. The average Bonchev–Trinajstić information content (AvgIpc) is 3.89. The summed E-state index contributed by atoms with van der Waals surface area (Å²) in [6, 6.07) is 31.9. The Morgan fingerprint density at radius 1 is 0.500 bits per heavy atom. The number of fused-ring (bicyclic) bond motifs is 10. The van der Waals surface area contributed by atoms with E-state index in [0.717, 1.165) is 92.5 Å². The Hall–Kier alpha value is -7.34. The molecule has 0 saturated carbocycles. The van der Waals surface area contributed by atoms with Crippen molar-refractivity contribution in [3.05, 3.63) is 142 Å². The Morgan fingerprint density at radius 2 is 0.883 bits per heavy atom. The zero-order valence-corrected chi connectivity index (χ0v) is 34.4. The number of pyridine rings is 2. The Balaban J connectivity index is 0.000000154. The molecule has 10 rings (SSSR count). The second-order valence-electron chi connectivity index (χ2n) is 14.6. The summed E-state index contributed by atoms with van der Waals surface area (Å²) in [6.07, 6.45) is 3.57. The van der Waals surface area contributed by atoms with Gasteiger partial charge in [-0.2, -0.15) is 10.2 Å². The first-order chi connectivity index (χ1) is 29.2. The number of anilines is 2. The molecular formula is C48H44N8O4. The number of aromatic nitrogens is 6. The van der Waals surface area contributed by atoms with Gasteiger partial charge in [0.05, 0.1) is 45.9 Å². The predicted molar refractivity (Wildman–Crippen MR) is 241 cm³/mol. The van der Waals surface area contributed by atoms with Gasteiger partial charge in [-0.15, -0.1) is 0 Å². The van der Waals surface area contributed by atoms with Gasteiger partial charge in [0.2, 0.25) is 0 Å². The molecule has 0 radical (unpaired) electrons. The van der Waals surface area contributed by atoms with Crippen LogP contribution in [-0.2, 0) is 0 Å². The van der Waals surface area contributed by atoms with Crippen LogP contribution in [0.1, 0.15) is 39.1 Å². The van der Waals surface area contributed by atoms with Crippen LogP contribution >= 0.6 is 0 Å². The van der Waals surface area contributed by atoms with Gasteiger partial charge < -0.3 is 18.6 Å². The molecule has 0 unspecified atom stereocenters. The summed E-state index contributed by atoms with van der Waals surface area (Å²) in [5, 5.41) is 15.3. The molecule has 4 aromatic carbocycles. The number of aryl methyl sites for hydroxylation is 2. The van der Waals surface area contributed by atoms with Crippen LogP contribution in [0.5, 0.6) is 0 Å². The second kappa shape index (κ2) is 15.4. The Kier molecular flexibility index (Phi) is 9.83. The molecule has 12 heteroatoms. The van der Waals surface area contributed by atoms with E-state index in [4.69, 9.17) is 18.8 Å². The summed E-state index contributed by atoms with van der Waals surface area (Å²) in [6.45, 7) is 15.7. The summed E-state index contributed by atoms with van der Waals surface area (Å²) >= 11 is 0. The van der Waals surface area contributed by atoms with Crippen LogP contribution in [-0.4, -0.2) is 55.7 Å². The number of nitrogens with zero attached hydrogens (tertiary/aromatic N) is 8. The summed E-state index contributed by atoms with van der Waals surface area (Å²) in [5.41, 5.74) is 7.09. The van der Waals surface area contributed by atoms with Gasteiger partial charge >= 0.3 is 11.3 Å². The third-order valence-electron chi connectivity index (χ3n) is 11.3. The maximum atomic E-state index is 12.9. The highest BCUT2D eigenvalue weighted by Gasteiger charge is 2.21. The van der Waals surface area contributed by atoms with Crippen molar-refractivity contribution >= 4 is 76.9 Å². The predicted octanol–water partition coefficient (Wildman–Crippen LogP) is 9.67. The lowest BCUT2D eigenvalue weighted by Gasteiger charge is -2.21. The quantitative estimate of drug-likeness (QED) is 0.108. The van der Waals surface area contributed by atoms with Crippen molar-refractivity contribution < 1.29 is 8.83 Å². The summed E-state index contributed by atoms with van der Waals surface area (Å²) < 4.78 is 15.1. The zero-order valence-electron chi connectivity index (χ0n) is 34.4. The van der Waals surface area contributed by atoms with E-state index >= 15 is 0 Å². The summed E-state index contributed by atoms with van der Waals surface area (Å²) in [4.78, 5) is 39.7. The lowest BCUT2D eigenvalue weighted by Crippen LogP contribution is -2.21. The van der Waals surface area contributed by atoms with Gasteiger partial charge in [0.1, 0.15) is 11.2 Å². The van der Waals surface area contributed by atoms with E-state index in [9.17, 15) is 9.59 Å². The van der Waals surface area contributed by atoms with E-state index in [2.05, 4.69) is 59.8 Å². The van der Waals surface area contributed by atoms with Crippen molar-refractivity contribution in [2.75, 3.05) is 36.0 Å². The van der Waals surface area contributed by atoms with E-state index in [-0.39, 0.29) is 11.3 Å². The summed E-state index contributed by atoms with van der Waals surface area (Å²) in [5.74, 6) is 0. The lowest BCUT2D eigenvalue weighted by molar-refractivity contribution is 0.568. The fraction of sp³-hybridized carbons (Fsp3) is 0.208. The van der Waals surface area contributed by atoms with Crippen molar-refractivity contribution in [1.82, 2.24) is 29.5 Å². The van der Waals surface area contributed by atoms with E-state index in [1.165, 1.54) is 0 Å². The monoisotopic (exact) mass is 796 g/mol. The van der Waals surface area contributed by atoms with Gasteiger partial charge in [0.15, 0.2) is 11.3 Å². The Bertz CT molecular complexity index is 3120. The third kappa shape index (κ3) is 6.31. The van der Waals surface area contributed by atoms with Crippen LogP contribution in [0.25, 0.3) is 76.9 Å². The molecule has 0 bridgehead atoms. The topological polar surface area (TPSA) is 128 Å². The molecule has 0 aliphatic rings. The Labute approximate surface area is 344 Å². The molecular weight excluding hydrogens is 753 g/mol. The number of hydrogen-bond acceptors (Lipinski definition) is 10. The fourth-order valence-electron chi connectivity index (χ4n) is 8.36. The fourth-order valence-corrected chi connectivity index (χ4v) is 8.36. The average molecular weight is 797 g/mol. The minimum atomic E-state index is -0.367. The van der Waals surface area contributed by atoms with E-state index < -0.39 is 0 Å². The molecule has 10 aromatic rings. The second-order valence-corrected chi connectivity index (χ2v) is 14.6. The van der Waals surface area contributed by atoms with Crippen LogP contribution in [0.3, 0.4) is 0 Å². The highest BCUT2D eigenvalue weighted by atomic mass is 16.4. The highest BCUT2D eigenvalue weighted by molar-refractivity contribution is 6.19. The molecule has 0 aliphatic carbocycles. The van der Waals surface area contributed by atoms with Crippen LogP contribution in [0, 0.1) is 13.8 Å². The Morgan fingerprint density at radius 3 is 1.25 bits per heavy atom. The van der Waals surface area contributed by atoms with Crippen LogP contribution in [0.4, 0.5) is 11.4 Å². The minimum Gasteiger partial charge on any atom is -0.422 e. The molecule has 6 heterocycles. The molecule has 0 amide bonds. The van der Waals surface area contributed by atoms with Crippen molar-refractivity contribution in [3.63, 3.8) is 0 Å². The lowest BCUT2D eigenvalue weighted by atomic mass is 10.0. The van der Waals surface area contributed by atoms with E-state index in [0.29, 0.717) is 33.3 Å². The minimum absolute atomic E-state index is 0.367. The van der Waals surface area contributed by atoms with Crippen LogP contribution < -0.4 is 21.1 Å². The number of rotatable bonds is 8. The van der Waals surface area contributed by atoms with Crippen molar-refractivity contribution in [2.24, 2.45) is 0 Å². The molecule has 60 heavy (non-hydrogen) atoms. The first-order valence-electron chi connectivity index (χ1n) is 20.3. The molecule has 12 nitrogen and oxygen atoms in total. The molecule has 0 spiro atoms. The molecule has 0 aliphatic heterocycles. The van der Waals surface area contributed by atoms with E-state index in [1.807, 2.05) is 108 Å². The third-order valence-corrected chi connectivity index (χ3v) is 11.3. The van der Waals surface area contributed by atoms with Crippen molar-refractivity contribution in [1.29, 1.82) is 0 Å². The van der Waals surface area contributed by atoms with Gasteiger partial charge in [0.25, 0.3) is 0 Å². The number of hydrogen-bond donors (Lipinski definition) is 0. The zero-order chi connectivity index (χ0) is 41.7. The number of benzene rings is 4. The van der Waals surface area contributed by atoms with Gasteiger partial charge in [-0.1, -0.05) is 36.4 Å². The molecule has 0 N–H and O–H groups in total. The van der Waals surface area contributed by atoms with Gasteiger partial charge in [0, 0.05) is 82.0 Å². The maximum absolute atomic E-state index is 12.9. The largest absolute Gasteiger partial charge is 0.422 e. The first kappa shape index (κ1) is 38.2. The first-order valence-corrected chi connectivity index (χ1v) is 20.3. The van der Waals surface area contributed by atoms with E-state index in [1.54, 1.807) is 12.4 Å². The normalized spacial score (nSPS) is 11.6. The van der Waals surface area contributed by atoms with Gasteiger partial charge in [-0.3, -0.25) is 0 Å². The molecule has 6 aromatic heterocycles. The van der Waals surface area contributed by atoms with Crippen LogP contribution in [0.15, 0.2) is 128 Å². The standard InChI is InChI=1S/2C24H22N4O2/c2*1-4-27(5-2)17-11-12-18-20(13-17)30-24(29)21-15(3)26-23-19(22(18)21)14-25-28(23)16-9-7-6-8-10-16/h2*6-14H,4-5H2,1-3H3. The molecule has 0 saturated heterocycles. The van der Waals surface area contributed by atoms with Gasteiger partial charge in [-0.25, -0.2) is 28.9 Å². The van der Waals surface area contributed by atoms with Crippen molar-refractivity contribution in [3.8, 4) is 11.4 Å². The SMILES string of the molecule is CCN(CC)c1ccc2c(c1)oc(=O)c1c(C)nc3c(cnn3-c3ccccc3)c12.CCN(CC)c1ccc2c(c1)oc(=O)c1c(C)nc3c(cnn3-c3ccccc3)c12. The number of para-hydroxylation sites is 2. The summed E-state index contributed by atoms with van der Waals surface area (Å²) in [7, 11) is 0. The van der Waals surface area contributed by atoms with Crippen LogP contribution in [0.2, 0.25) is 0 Å². The molecule has 0 atom stereocenters.